The number of nitrogens with zero attached hydrogens (tertiary/aromatic N) is 1. The summed E-state index contributed by atoms with van der Waals surface area (Å²) in [4.78, 5) is 2.47. The van der Waals surface area contributed by atoms with Crippen LogP contribution in [0.4, 0.5) is 11.4 Å². The molecular formula is C16H18N2. The van der Waals surface area contributed by atoms with Crippen molar-refractivity contribution in [1.29, 1.82) is 0 Å². The monoisotopic (exact) mass is 238 g/mol. The van der Waals surface area contributed by atoms with Gasteiger partial charge < -0.3 is 10.2 Å². The molecule has 0 atom stereocenters. The Bertz CT molecular complexity index is 508. The lowest BCUT2D eigenvalue weighted by Gasteiger charge is -2.32. The Labute approximate surface area is 108 Å². The van der Waals surface area contributed by atoms with Crippen LogP contribution >= 0.6 is 0 Å². The van der Waals surface area contributed by atoms with E-state index in [1.807, 2.05) is 0 Å². The predicted octanol–water partition coefficient (Wildman–Crippen LogP) is 3.16. The van der Waals surface area contributed by atoms with Crippen LogP contribution < -0.4 is 10.2 Å². The molecule has 0 radical (unpaired) electrons. The van der Waals surface area contributed by atoms with Gasteiger partial charge in [0.15, 0.2) is 0 Å². The van der Waals surface area contributed by atoms with Crippen LogP contribution in [0.1, 0.15) is 5.56 Å². The average molecular weight is 238 g/mol. The summed E-state index contributed by atoms with van der Waals surface area (Å²) in [5.74, 6) is 0. The number of para-hydroxylation sites is 2. The normalized spacial score (nSPS) is 13.9. The highest BCUT2D eigenvalue weighted by Gasteiger charge is 2.14. The summed E-state index contributed by atoms with van der Waals surface area (Å²) in [6.45, 7) is 3.21. The van der Waals surface area contributed by atoms with Gasteiger partial charge in [-0.15, -0.1) is 0 Å². The van der Waals surface area contributed by atoms with E-state index < -0.39 is 0 Å². The van der Waals surface area contributed by atoms with Crippen molar-refractivity contribution in [2.24, 2.45) is 0 Å². The molecule has 1 aliphatic heterocycles. The van der Waals surface area contributed by atoms with E-state index in [0.717, 1.165) is 26.1 Å². The van der Waals surface area contributed by atoms with Crippen LogP contribution in [-0.4, -0.2) is 19.6 Å². The van der Waals surface area contributed by atoms with Crippen molar-refractivity contribution in [3.05, 3.63) is 60.2 Å². The first-order valence-corrected chi connectivity index (χ1v) is 6.55. The van der Waals surface area contributed by atoms with E-state index in [-0.39, 0.29) is 0 Å². The van der Waals surface area contributed by atoms with E-state index in [1.165, 1.54) is 16.9 Å². The standard InChI is InChI=1S/C16H18N2/c1-2-6-14(7-3-1)10-12-18-13-11-17-15-8-4-5-9-16(15)18/h1-9,17H,10-13H2. The second-order valence-corrected chi connectivity index (χ2v) is 4.67. The fraction of sp³-hybridized carbons (Fsp3) is 0.250. The molecule has 1 aliphatic rings. The van der Waals surface area contributed by atoms with Gasteiger partial charge in [0.1, 0.15) is 0 Å². The van der Waals surface area contributed by atoms with Crippen molar-refractivity contribution in [3.63, 3.8) is 0 Å². The Kier molecular flexibility index (Phi) is 3.18. The number of fused-ring (bicyclic) bond motifs is 1. The van der Waals surface area contributed by atoms with Gasteiger partial charge in [0.05, 0.1) is 11.4 Å². The van der Waals surface area contributed by atoms with Gasteiger partial charge in [-0.25, -0.2) is 0 Å². The van der Waals surface area contributed by atoms with Crippen LogP contribution in [-0.2, 0) is 6.42 Å². The SMILES string of the molecule is c1ccc(CCN2CCNc3ccccc32)cc1. The maximum absolute atomic E-state index is 3.45. The predicted molar refractivity (Wildman–Crippen MR) is 77.3 cm³/mol. The van der Waals surface area contributed by atoms with Gasteiger partial charge in [-0.2, -0.15) is 0 Å². The summed E-state index contributed by atoms with van der Waals surface area (Å²) in [5, 5.41) is 3.45. The number of anilines is 2. The number of nitrogens with one attached hydrogen (secondary N) is 1. The van der Waals surface area contributed by atoms with Crippen LogP contribution in [0.3, 0.4) is 0 Å². The first kappa shape index (κ1) is 11.1. The Morgan fingerprint density at radius 3 is 2.61 bits per heavy atom. The average Bonchev–Trinajstić information content (AvgIpc) is 2.46. The molecule has 0 aromatic heterocycles. The van der Waals surface area contributed by atoms with Gasteiger partial charge in [0.25, 0.3) is 0 Å². The third-order valence-electron chi connectivity index (χ3n) is 3.46. The lowest BCUT2D eigenvalue weighted by Crippen LogP contribution is -2.35. The minimum atomic E-state index is 1.03. The molecule has 1 heterocycles. The van der Waals surface area contributed by atoms with Crippen LogP contribution in [0, 0.1) is 0 Å². The zero-order chi connectivity index (χ0) is 12.2. The lowest BCUT2D eigenvalue weighted by molar-refractivity contribution is 0.773. The Morgan fingerprint density at radius 2 is 1.72 bits per heavy atom. The number of benzene rings is 2. The molecule has 0 bridgehead atoms. The molecule has 2 aromatic carbocycles. The van der Waals surface area contributed by atoms with Gasteiger partial charge in [0, 0.05) is 19.6 Å². The molecule has 18 heavy (non-hydrogen) atoms. The summed E-state index contributed by atoms with van der Waals surface area (Å²) in [6.07, 6.45) is 1.11. The quantitative estimate of drug-likeness (QED) is 0.883. The minimum Gasteiger partial charge on any atom is -0.382 e. The topological polar surface area (TPSA) is 15.3 Å². The van der Waals surface area contributed by atoms with Crippen LogP contribution in [0.2, 0.25) is 0 Å². The Balaban J connectivity index is 1.71. The van der Waals surface area contributed by atoms with E-state index in [2.05, 4.69) is 64.8 Å². The van der Waals surface area contributed by atoms with Crippen molar-refractivity contribution >= 4 is 11.4 Å². The summed E-state index contributed by atoms with van der Waals surface area (Å²) < 4.78 is 0. The molecule has 1 N–H and O–H groups in total. The molecule has 92 valence electrons. The molecule has 0 amide bonds. The maximum atomic E-state index is 3.45. The molecule has 0 fully saturated rings. The number of hydrogen-bond acceptors (Lipinski definition) is 2. The molecule has 0 saturated carbocycles. The fourth-order valence-electron chi connectivity index (χ4n) is 2.49. The highest BCUT2D eigenvalue weighted by atomic mass is 15.2. The molecule has 0 saturated heterocycles. The zero-order valence-electron chi connectivity index (χ0n) is 10.5. The van der Waals surface area contributed by atoms with Crippen LogP contribution in [0.15, 0.2) is 54.6 Å². The first-order valence-electron chi connectivity index (χ1n) is 6.55. The van der Waals surface area contributed by atoms with Crippen molar-refractivity contribution in [2.45, 2.75) is 6.42 Å². The highest BCUT2D eigenvalue weighted by Crippen LogP contribution is 2.28. The maximum Gasteiger partial charge on any atom is 0.0602 e. The molecular weight excluding hydrogens is 220 g/mol. The first-order chi connectivity index (χ1) is 8.93. The Hall–Kier alpha value is -1.96. The molecule has 0 spiro atoms. The van der Waals surface area contributed by atoms with Gasteiger partial charge in [0.2, 0.25) is 0 Å². The van der Waals surface area contributed by atoms with E-state index in [4.69, 9.17) is 0 Å². The molecule has 3 rings (SSSR count). The zero-order valence-corrected chi connectivity index (χ0v) is 10.5. The highest BCUT2D eigenvalue weighted by molar-refractivity contribution is 5.71. The summed E-state index contributed by atoms with van der Waals surface area (Å²) in [6, 6.07) is 19.3. The molecule has 0 aliphatic carbocycles. The van der Waals surface area contributed by atoms with Crippen molar-refractivity contribution in [1.82, 2.24) is 0 Å². The fourth-order valence-corrected chi connectivity index (χ4v) is 2.49. The minimum absolute atomic E-state index is 1.03. The Morgan fingerprint density at radius 1 is 0.944 bits per heavy atom. The number of hydrogen-bond donors (Lipinski definition) is 1. The molecule has 2 nitrogen and oxygen atoms in total. The van der Waals surface area contributed by atoms with Gasteiger partial charge in [-0.3, -0.25) is 0 Å². The van der Waals surface area contributed by atoms with Gasteiger partial charge in [-0.1, -0.05) is 42.5 Å². The second-order valence-electron chi connectivity index (χ2n) is 4.67. The van der Waals surface area contributed by atoms with E-state index >= 15 is 0 Å². The lowest BCUT2D eigenvalue weighted by atomic mass is 10.1. The largest absolute Gasteiger partial charge is 0.382 e. The van der Waals surface area contributed by atoms with Crippen LogP contribution in [0.5, 0.6) is 0 Å². The third kappa shape index (κ3) is 2.33. The smallest absolute Gasteiger partial charge is 0.0602 e. The van der Waals surface area contributed by atoms with Crippen LogP contribution in [0.25, 0.3) is 0 Å². The van der Waals surface area contributed by atoms with Crippen molar-refractivity contribution in [3.8, 4) is 0 Å². The summed E-state index contributed by atoms with van der Waals surface area (Å²) >= 11 is 0. The molecule has 0 unspecified atom stereocenters. The third-order valence-corrected chi connectivity index (χ3v) is 3.46. The summed E-state index contributed by atoms with van der Waals surface area (Å²) in [5.41, 5.74) is 4.00. The van der Waals surface area contributed by atoms with Gasteiger partial charge in [-0.05, 0) is 24.1 Å². The van der Waals surface area contributed by atoms with E-state index in [1.54, 1.807) is 0 Å². The summed E-state index contributed by atoms with van der Waals surface area (Å²) in [7, 11) is 0. The molecule has 2 heteroatoms. The van der Waals surface area contributed by atoms with Crippen molar-refractivity contribution < 1.29 is 0 Å². The van der Waals surface area contributed by atoms with Crippen molar-refractivity contribution in [2.75, 3.05) is 29.9 Å². The van der Waals surface area contributed by atoms with Gasteiger partial charge >= 0.3 is 0 Å². The van der Waals surface area contributed by atoms with E-state index in [9.17, 15) is 0 Å². The second kappa shape index (κ2) is 5.13. The molecule has 2 aromatic rings. The van der Waals surface area contributed by atoms with E-state index in [0.29, 0.717) is 0 Å². The number of rotatable bonds is 3.